The van der Waals surface area contributed by atoms with E-state index in [9.17, 15) is 19.1 Å². The molecule has 0 aromatic heterocycles. The van der Waals surface area contributed by atoms with E-state index in [1.54, 1.807) is 0 Å². The third-order valence-electron chi connectivity index (χ3n) is 3.18. The normalized spacial score (nSPS) is 16.1. The third kappa shape index (κ3) is 1.70. The van der Waals surface area contributed by atoms with Crippen LogP contribution in [0.4, 0.5) is 4.39 Å². The highest BCUT2D eigenvalue weighted by molar-refractivity contribution is 5.94. The maximum absolute atomic E-state index is 13.5. The molecule has 0 aliphatic heterocycles. The Morgan fingerprint density at radius 3 is 2.44 bits per heavy atom. The predicted molar refractivity (Wildman–Crippen MR) is 58.0 cm³/mol. The number of carbonyl (C=O) groups excluding carboxylic acids is 1. The number of carboxylic acid groups (broad SMARTS) is 1. The number of phenols is 1. The van der Waals surface area contributed by atoms with Crippen LogP contribution in [0.2, 0.25) is 0 Å². The van der Waals surface area contributed by atoms with Crippen LogP contribution < -0.4 is 0 Å². The Kier molecular flexibility index (Phi) is 2.73. The smallest absolute Gasteiger partial charge is 0.341 e. The molecule has 2 rings (SSSR count). The second-order valence-corrected chi connectivity index (χ2v) is 4.23. The molecule has 18 heavy (non-hydrogen) atoms. The molecular weight excluding hydrogens is 243 g/mol. The molecule has 1 fully saturated rings. The fourth-order valence-electron chi connectivity index (χ4n) is 1.89. The average Bonchev–Trinajstić information content (AvgIpc) is 3.12. The zero-order valence-electron chi connectivity index (χ0n) is 9.57. The summed E-state index contributed by atoms with van der Waals surface area (Å²) in [5, 5.41) is 18.5. The van der Waals surface area contributed by atoms with Gasteiger partial charge >= 0.3 is 11.9 Å². The Morgan fingerprint density at radius 2 is 2.00 bits per heavy atom. The molecule has 0 radical (unpaired) electrons. The van der Waals surface area contributed by atoms with Crippen LogP contribution in [0.15, 0.2) is 12.1 Å². The lowest BCUT2D eigenvalue weighted by Gasteiger charge is -2.13. The fourth-order valence-corrected chi connectivity index (χ4v) is 1.89. The Labute approximate surface area is 102 Å². The molecule has 0 amide bonds. The van der Waals surface area contributed by atoms with Gasteiger partial charge in [-0.05, 0) is 30.5 Å². The quantitative estimate of drug-likeness (QED) is 0.797. The minimum atomic E-state index is -1.14. The number of methoxy groups -OCH3 is 1. The minimum Gasteiger partial charge on any atom is -0.504 e. The lowest BCUT2D eigenvalue weighted by molar-refractivity contribution is -0.140. The van der Waals surface area contributed by atoms with E-state index in [2.05, 4.69) is 4.74 Å². The number of aliphatic carboxylic acids is 1. The molecular formula is C12H11FO5. The van der Waals surface area contributed by atoms with Crippen LogP contribution in [0.5, 0.6) is 5.75 Å². The molecule has 0 heterocycles. The van der Waals surface area contributed by atoms with E-state index in [0.29, 0.717) is 12.8 Å². The predicted octanol–water partition coefficient (Wildman–Crippen LogP) is 1.43. The average molecular weight is 254 g/mol. The summed E-state index contributed by atoms with van der Waals surface area (Å²) in [6.07, 6.45) is 0.764. The number of esters is 1. The van der Waals surface area contributed by atoms with Crippen molar-refractivity contribution < 1.29 is 28.9 Å². The number of hydrogen-bond donors (Lipinski definition) is 2. The number of benzene rings is 1. The maximum Gasteiger partial charge on any atom is 0.341 e. The molecule has 0 bridgehead atoms. The number of carboxylic acids is 1. The van der Waals surface area contributed by atoms with Crippen molar-refractivity contribution in [3.63, 3.8) is 0 Å². The highest BCUT2D eigenvalue weighted by atomic mass is 19.1. The van der Waals surface area contributed by atoms with Gasteiger partial charge in [-0.1, -0.05) is 0 Å². The van der Waals surface area contributed by atoms with Crippen LogP contribution in [0.25, 0.3) is 0 Å². The molecule has 96 valence electrons. The Bertz CT molecular complexity index is 534. The summed E-state index contributed by atoms with van der Waals surface area (Å²) in [5.74, 6) is -3.83. The summed E-state index contributed by atoms with van der Waals surface area (Å²) in [4.78, 5) is 22.5. The summed E-state index contributed by atoms with van der Waals surface area (Å²) in [5.41, 5.74) is -1.33. The highest BCUT2D eigenvalue weighted by Gasteiger charge is 2.52. The van der Waals surface area contributed by atoms with Crippen LogP contribution in [0.3, 0.4) is 0 Å². The first-order valence-corrected chi connectivity index (χ1v) is 5.27. The van der Waals surface area contributed by atoms with Crippen LogP contribution >= 0.6 is 0 Å². The Hall–Kier alpha value is -2.11. The Balaban J connectivity index is 2.55. The van der Waals surface area contributed by atoms with Crippen molar-refractivity contribution in [2.75, 3.05) is 7.11 Å². The molecule has 5 nitrogen and oxygen atoms in total. The van der Waals surface area contributed by atoms with Crippen LogP contribution in [0.1, 0.15) is 28.8 Å². The van der Waals surface area contributed by atoms with Gasteiger partial charge in [-0.15, -0.1) is 0 Å². The van der Waals surface area contributed by atoms with E-state index in [1.165, 1.54) is 6.07 Å². The van der Waals surface area contributed by atoms with Crippen molar-refractivity contribution in [3.05, 3.63) is 29.1 Å². The zero-order chi connectivity index (χ0) is 13.5. The molecule has 0 unspecified atom stereocenters. The number of halogens is 1. The largest absolute Gasteiger partial charge is 0.504 e. The highest BCUT2D eigenvalue weighted by Crippen LogP contribution is 2.49. The van der Waals surface area contributed by atoms with E-state index >= 15 is 0 Å². The van der Waals surface area contributed by atoms with Crippen molar-refractivity contribution in [2.24, 2.45) is 0 Å². The number of phenolic OH excluding ortho intramolecular Hbond substituents is 1. The standard InChI is InChI=1S/C12H11FO5/c1-18-10(15)7-4-6(5-8(13)9(7)14)12(2-3-12)11(16)17/h4-5,14H,2-3H2,1H3,(H,16,17). The van der Waals surface area contributed by atoms with Crippen molar-refractivity contribution in [3.8, 4) is 5.75 Å². The van der Waals surface area contributed by atoms with E-state index < -0.39 is 28.9 Å². The second-order valence-electron chi connectivity index (χ2n) is 4.23. The summed E-state index contributed by atoms with van der Waals surface area (Å²) in [6, 6.07) is 2.12. The van der Waals surface area contributed by atoms with Crippen LogP contribution in [-0.4, -0.2) is 29.3 Å². The molecule has 0 spiro atoms. The van der Waals surface area contributed by atoms with Gasteiger partial charge in [0.25, 0.3) is 0 Å². The van der Waals surface area contributed by atoms with Gasteiger partial charge in [-0.2, -0.15) is 0 Å². The first-order chi connectivity index (χ1) is 8.42. The topological polar surface area (TPSA) is 83.8 Å². The third-order valence-corrected chi connectivity index (χ3v) is 3.18. The number of ether oxygens (including phenoxy) is 1. The number of carbonyl (C=O) groups is 2. The van der Waals surface area contributed by atoms with Crippen molar-refractivity contribution in [2.45, 2.75) is 18.3 Å². The summed E-state index contributed by atoms with van der Waals surface area (Å²) >= 11 is 0. The number of hydrogen-bond acceptors (Lipinski definition) is 4. The van der Waals surface area contributed by atoms with E-state index in [0.717, 1.165) is 13.2 Å². The van der Waals surface area contributed by atoms with Gasteiger partial charge < -0.3 is 14.9 Å². The van der Waals surface area contributed by atoms with Gasteiger partial charge in [0.2, 0.25) is 0 Å². The molecule has 1 saturated carbocycles. The molecule has 6 heteroatoms. The van der Waals surface area contributed by atoms with Gasteiger partial charge in [0, 0.05) is 0 Å². The van der Waals surface area contributed by atoms with Crippen LogP contribution in [-0.2, 0) is 14.9 Å². The van der Waals surface area contributed by atoms with Gasteiger partial charge in [0.15, 0.2) is 11.6 Å². The lowest BCUT2D eigenvalue weighted by Crippen LogP contribution is -2.20. The van der Waals surface area contributed by atoms with Gasteiger partial charge in [0.1, 0.15) is 5.56 Å². The second kappa shape index (κ2) is 3.97. The van der Waals surface area contributed by atoms with E-state index in [1.807, 2.05) is 0 Å². The van der Waals surface area contributed by atoms with Crippen molar-refractivity contribution in [1.29, 1.82) is 0 Å². The van der Waals surface area contributed by atoms with E-state index in [4.69, 9.17) is 5.11 Å². The first-order valence-electron chi connectivity index (χ1n) is 5.27. The first kappa shape index (κ1) is 12.3. The molecule has 1 aliphatic rings. The maximum atomic E-state index is 13.5. The van der Waals surface area contributed by atoms with Gasteiger partial charge in [0.05, 0.1) is 12.5 Å². The summed E-state index contributed by atoms with van der Waals surface area (Å²) in [7, 11) is 1.09. The van der Waals surface area contributed by atoms with Crippen LogP contribution in [0, 0.1) is 5.82 Å². The monoisotopic (exact) mass is 254 g/mol. The summed E-state index contributed by atoms with van der Waals surface area (Å²) in [6.45, 7) is 0. The summed E-state index contributed by atoms with van der Waals surface area (Å²) < 4.78 is 17.9. The van der Waals surface area contributed by atoms with E-state index in [-0.39, 0.29) is 11.1 Å². The van der Waals surface area contributed by atoms with Gasteiger partial charge in [-0.25, -0.2) is 9.18 Å². The SMILES string of the molecule is COC(=O)c1cc(C2(C(=O)O)CC2)cc(F)c1O. The van der Waals surface area contributed by atoms with Crippen molar-refractivity contribution in [1.82, 2.24) is 0 Å². The Morgan fingerprint density at radius 1 is 1.39 bits per heavy atom. The molecule has 0 atom stereocenters. The number of aromatic hydroxyl groups is 1. The number of rotatable bonds is 3. The fraction of sp³-hybridized carbons (Fsp3) is 0.333. The minimum absolute atomic E-state index is 0.172. The van der Waals surface area contributed by atoms with Gasteiger partial charge in [-0.3, -0.25) is 4.79 Å². The molecule has 0 saturated heterocycles. The zero-order valence-corrected chi connectivity index (χ0v) is 9.57. The molecule has 1 aliphatic carbocycles. The molecule has 1 aromatic carbocycles. The van der Waals surface area contributed by atoms with Crippen molar-refractivity contribution >= 4 is 11.9 Å². The molecule has 1 aromatic rings. The lowest BCUT2D eigenvalue weighted by atomic mass is 9.94. The molecule has 2 N–H and O–H groups in total.